The molecule has 1 atom stereocenters. The van der Waals surface area contributed by atoms with Crippen LogP contribution in [0.4, 0.5) is 11.4 Å². The van der Waals surface area contributed by atoms with Gasteiger partial charge in [-0.15, -0.1) is 30.1 Å². The molecule has 0 saturated carbocycles. The zero-order valence-electron chi connectivity index (χ0n) is 16.2. The zero-order chi connectivity index (χ0) is 20.4. The third-order valence-electron chi connectivity index (χ3n) is 3.82. The quantitative estimate of drug-likeness (QED) is 0.412. The van der Waals surface area contributed by atoms with Crippen LogP contribution in [0, 0.1) is 0 Å². The lowest BCUT2D eigenvalue weighted by Gasteiger charge is -2.15. The summed E-state index contributed by atoms with van der Waals surface area (Å²) in [5, 5.41) is 5.86. The smallest absolute Gasteiger partial charge is 0.279 e. The molecule has 2 amide bonds. The van der Waals surface area contributed by atoms with Crippen molar-refractivity contribution in [1.29, 1.82) is 0 Å². The van der Waals surface area contributed by atoms with E-state index in [1.165, 1.54) is 0 Å². The van der Waals surface area contributed by atoms with Crippen molar-refractivity contribution in [3.8, 4) is 0 Å². The number of hydrogen-bond donors (Lipinski definition) is 3. The fourth-order valence-corrected chi connectivity index (χ4v) is 3.89. The lowest BCUT2D eigenvalue weighted by atomic mass is 10.3. The third-order valence-corrected chi connectivity index (χ3v) is 5.69. The van der Waals surface area contributed by atoms with Gasteiger partial charge in [-0.1, -0.05) is 30.3 Å². The molecule has 5 nitrogen and oxygen atoms in total. The van der Waals surface area contributed by atoms with Crippen molar-refractivity contribution in [2.24, 2.45) is 0 Å². The van der Waals surface area contributed by atoms with Crippen LogP contribution in [0.2, 0.25) is 0 Å². The Hall–Kier alpha value is -2.22. The number of anilines is 2. The molecule has 2 aromatic rings. The minimum absolute atomic E-state index is 0.117. The van der Waals surface area contributed by atoms with Gasteiger partial charge in [0, 0.05) is 15.5 Å². The summed E-state index contributed by atoms with van der Waals surface area (Å²) >= 11 is 3.20. The van der Waals surface area contributed by atoms with E-state index in [4.69, 9.17) is 0 Å². The van der Waals surface area contributed by atoms with Gasteiger partial charge in [0.05, 0.1) is 18.4 Å². The van der Waals surface area contributed by atoms with Crippen LogP contribution in [0.25, 0.3) is 0 Å². The fourth-order valence-electron chi connectivity index (χ4n) is 2.59. The van der Waals surface area contributed by atoms with E-state index in [1.807, 2.05) is 67.9 Å². The number of nitrogens with one attached hydrogen (secondary N) is 3. The molecule has 0 aliphatic carbocycles. The van der Waals surface area contributed by atoms with Crippen LogP contribution in [0.3, 0.4) is 0 Å². The number of hydrogen-bond acceptors (Lipinski definition) is 4. The number of amides is 2. The van der Waals surface area contributed by atoms with Crippen LogP contribution in [-0.2, 0) is 9.59 Å². The maximum absolute atomic E-state index is 12.4. The fraction of sp³-hybridized carbons (Fsp3) is 0.238. The van der Waals surface area contributed by atoms with Gasteiger partial charge in [-0.3, -0.25) is 9.59 Å². The van der Waals surface area contributed by atoms with Gasteiger partial charge in [0.1, 0.15) is 0 Å². The van der Waals surface area contributed by atoms with Crippen LogP contribution in [-0.4, -0.2) is 44.0 Å². The Kier molecular flexibility index (Phi) is 9.13. The van der Waals surface area contributed by atoms with Crippen molar-refractivity contribution in [2.75, 3.05) is 42.8 Å². The Labute approximate surface area is 175 Å². The Morgan fingerprint density at radius 3 is 2.00 bits per heavy atom. The molecule has 0 radical (unpaired) electrons. The first-order chi connectivity index (χ1) is 13.5. The zero-order valence-corrected chi connectivity index (χ0v) is 17.8. The molecule has 3 N–H and O–H groups in total. The molecule has 0 bridgehead atoms. The number of quaternary nitrogens is 1. The maximum Gasteiger partial charge on any atom is 0.279 e. The van der Waals surface area contributed by atoms with E-state index in [9.17, 15) is 9.59 Å². The molecule has 0 aliphatic rings. The standard InChI is InChI=1S/C21H25N3O2S2/c1-4-13-28-19-12-8-6-10-17(19)23-21(26)15-24(2)14-20(25)22-16-9-5-7-11-18(16)27-3/h4-12H,1,13-15H2,2-3H3,(H,22,25)(H,23,26)/p+1. The van der Waals surface area contributed by atoms with Crippen molar-refractivity contribution >= 4 is 46.7 Å². The van der Waals surface area contributed by atoms with E-state index in [1.54, 1.807) is 23.5 Å². The Bertz CT molecular complexity index is 827. The summed E-state index contributed by atoms with van der Waals surface area (Å²) in [6.07, 6.45) is 3.80. The Balaban J connectivity index is 1.87. The predicted octanol–water partition coefficient (Wildman–Crippen LogP) is 2.78. The summed E-state index contributed by atoms with van der Waals surface area (Å²) in [5.41, 5.74) is 1.58. The summed E-state index contributed by atoms with van der Waals surface area (Å²) in [4.78, 5) is 27.5. The number of likely N-dealkylation sites (N-methyl/N-ethyl adjacent to an activating group) is 1. The average Bonchev–Trinajstić information content (AvgIpc) is 2.67. The first-order valence-corrected chi connectivity index (χ1v) is 11.1. The van der Waals surface area contributed by atoms with Crippen molar-refractivity contribution < 1.29 is 14.5 Å². The third kappa shape index (κ3) is 7.07. The largest absolute Gasteiger partial charge is 0.322 e. The van der Waals surface area contributed by atoms with Crippen LogP contribution < -0.4 is 15.5 Å². The molecular weight excluding hydrogens is 390 g/mol. The van der Waals surface area contributed by atoms with Crippen LogP contribution in [0.5, 0.6) is 0 Å². The highest BCUT2D eigenvalue weighted by Gasteiger charge is 2.16. The topological polar surface area (TPSA) is 62.6 Å². The number of benzene rings is 2. The second-order valence-electron chi connectivity index (χ2n) is 6.20. The lowest BCUT2D eigenvalue weighted by Crippen LogP contribution is -3.11. The van der Waals surface area contributed by atoms with Gasteiger partial charge >= 0.3 is 0 Å². The molecule has 0 aliphatic heterocycles. The SMILES string of the molecule is C=CCSc1ccccc1NC(=O)C[NH+](C)CC(=O)Nc1ccccc1SC. The van der Waals surface area contributed by atoms with E-state index in [-0.39, 0.29) is 24.9 Å². The summed E-state index contributed by atoms with van der Waals surface area (Å²) < 4.78 is 0. The molecule has 2 aromatic carbocycles. The van der Waals surface area contributed by atoms with E-state index >= 15 is 0 Å². The summed E-state index contributed by atoms with van der Waals surface area (Å²) in [6.45, 7) is 4.14. The summed E-state index contributed by atoms with van der Waals surface area (Å²) in [7, 11) is 1.83. The number of carbonyl (C=O) groups excluding carboxylic acids is 2. The van der Waals surface area contributed by atoms with Crippen LogP contribution in [0.15, 0.2) is 71.0 Å². The second kappa shape index (κ2) is 11.6. The predicted molar refractivity (Wildman–Crippen MR) is 119 cm³/mol. The lowest BCUT2D eigenvalue weighted by molar-refractivity contribution is -0.862. The van der Waals surface area contributed by atoms with Crippen molar-refractivity contribution in [2.45, 2.75) is 9.79 Å². The van der Waals surface area contributed by atoms with Gasteiger partial charge in [-0.2, -0.15) is 0 Å². The first kappa shape index (κ1) is 22.1. The Morgan fingerprint density at radius 1 is 0.964 bits per heavy atom. The highest BCUT2D eigenvalue weighted by atomic mass is 32.2. The van der Waals surface area contributed by atoms with Gasteiger partial charge < -0.3 is 15.5 Å². The highest BCUT2D eigenvalue weighted by Crippen LogP contribution is 2.26. The first-order valence-electron chi connectivity index (χ1n) is 8.90. The van der Waals surface area contributed by atoms with Crippen LogP contribution >= 0.6 is 23.5 Å². The molecule has 1 unspecified atom stereocenters. The van der Waals surface area contributed by atoms with Crippen LogP contribution in [0.1, 0.15) is 0 Å². The Morgan fingerprint density at radius 2 is 1.46 bits per heavy atom. The van der Waals surface area contributed by atoms with Gasteiger partial charge in [-0.25, -0.2) is 0 Å². The summed E-state index contributed by atoms with van der Waals surface area (Å²) in [6, 6.07) is 15.4. The molecule has 2 rings (SSSR count). The molecule has 148 valence electrons. The van der Waals surface area contributed by atoms with Crippen molar-refractivity contribution in [1.82, 2.24) is 0 Å². The molecule has 0 heterocycles. The van der Waals surface area contributed by atoms with Gasteiger partial charge in [0.15, 0.2) is 13.1 Å². The molecule has 0 aromatic heterocycles. The maximum atomic E-state index is 12.4. The molecule has 0 spiro atoms. The molecule has 28 heavy (non-hydrogen) atoms. The molecule has 7 heteroatoms. The highest BCUT2D eigenvalue weighted by molar-refractivity contribution is 7.99. The van der Waals surface area contributed by atoms with E-state index < -0.39 is 0 Å². The summed E-state index contributed by atoms with van der Waals surface area (Å²) in [5.74, 6) is 0.533. The van der Waals surface area contributed by atoms with E-state index in [2.05, 4.69) is 17.2 Å². The van der Waals surface area contributed by atoms with E-state index in [0.717, 1.165) is 31.8 Å². The second-order valence-corrected chi connectivity index (χ2v) is 8.11. The molecular formula is C21H26N3O2S2+. The van der Waals surface area contributed by atoms with Crippen molar-refractivity contribution in [3.05, 3.63) is 61.2 Å². The molecule has 0 saturated heterocycles. The number of carbonyl (C=O) groups is 2. The van der Waals surface area contributed by atoms with Crippen molar-refractivity contribution in [3.63, 3.8) is 0 Å². The van der Waals surface area contributed by atoms with E-state index in [0.29, 0.717) is 0 Å². The minimum Gasteiger partial charge on any atom is -0.322 e. The van der Waals surface area contributed by atoms with Gasteiger partial charge in [-0.05, 0) is 30.5 Å². The monoisotopic (exact) mass is 416 g/mol. The van der Waals surface area contributed by atoms with Gasteiger partial charge in [0.25, 0.3) is 11.8 Å². The average molecular weight is 417 g/mol. The molecule has 0 fully saturated rings. The number of rotatable bonds is 10. The number of thioether (sulfide) groups is 2. The normalized spacial score (nSPS) is 11.5. The van der Waals surface area contributed by atoms with Gasteiger partial charge in [0.2, 0.25) is 0 Å². The number of para-hydroxylation sites is 2. The minimum atomic E-state index is -0.124.